The predicted molar refractivity (Wildman–Crippen MR) is 80.9 cm³/mol. The van der Waals surface area contributed by atoms with Crippen LogP contribution >= 0.6 is 11.6 Å². The Morgan fingerprint density at radius 3 is 2.75 bits per heavy atom. The van der Waals surface area contributed by atoms with E-state index in [0.717, 1.165) is 22.6 Å². The largest absolute Gasteiger partial charge is 0.311 e. The van der Waals surface area contributed by atoms with Crippen LogP contribution in [-0.2, 0) is 16.4 Å². The molecule has 0 amide bonds. The van der Waals surface area contributed by atoms with Gasteiger partial charge in [0.1, 0.15) is 21.2 Å². The van der Waals surface area contributed by atoms with Crippen molar-refractivity contribution in [1.82, 2.24) is 14.5 Å². The summed E-state index contributed by atoms with van der Waals surface area (Å²) in [5.41, 5.74) is 2.63. The number of imidazole rings is 1. The number of hydrogen-bond donors (Lipinski definition) is 0. The molecule has 0 saturated heterocycles. The quantitative estimate of drug-likeness (QED) is 0.795. The lowest BCUT2D eigenvalue weighted by molar-refractivity contribution is 0.589. The SMILES string of the molecule is Cc1ccnc2c1nc(C(C)Cl)n2CCCS(C)(=O)=O. The lowest BCUT2D eigenvalue weighted by Gasteiger charge is -2.09. The summed E-state index contributed by atoms with van der Waals surface area (Å²) in [6, 6.07) is 1.90. The number of pyridine rings is 1. The molecule has 7 heteroatoms. The van der Waals surface area contributed by atoms with Crippen molar-refractivity contribution in [3.63, 3.8) is 0 Å². The van der Waals surface area contributed by atoms with Gasteiger partial charge in [-0.3, -0.25) is 0 Å². The summed E-state index contributed by atoms with van der Waals surface area (Å²) in [6.45, 7) is 4.37. The van der Waals surface area contributed by atoms with Crippen LogP contribution in [0.15, 0.2) is 12.3 Å². The van der Waals surface area contributed by atoms with Crippen LogP contribution in [0.5, 0.6) is 0 Å². The molecule has 0 bridgehead atoms. The van der Waals surface area contributed by atoms with Gasteiger partial charge in [0.05, 0.1) is 11.1 Å². The van der Waals surface area contributed by atoms with Gasteiger partial charge >= 0.3 is 0 Å². The highest BCUT2D eigenvalue weighted by atomic mass is 35.5. The third-order valence-electron chi connectivity index (χ3n) is 3.12. The maximum Gasteiger partial charge on any atom is 0.160 e. The Labute approximate surface area is 123 Å². The van der Waals surface area contributed by atoms with Gasteiger partial charge in [0.25, 0.3) is 0 Å². The van der Waals surface area contributed by atoms with Gasteiger partial charge in [-0.05, 0) is 31.9 Å². The first-order valence-corrected chi connectivity index (χ1v) is 8.93. The van der Waals surface area contributed by atoms with Crippen molar-refractivity contribution >= 4 is 32.6 Å². The molecule has 0 fully saturated rings. The van der Waals surface area contributed by atoms with Crippen molar-refractivity contribution < 1.29 is 8.42 Å². The molecule has 2 aromatic heterocycles. The molecule has 5 nitrogen and oxygen atoms in total. The fraction of sp³-hybridized carbons (Fsp3) is 0.538. The van der Waals surface area contributed by atoms with E-state index >= 15 is 0 Å². The summed E-state index contributed by atoms with van der Waals surface area (Å²) in [7, 11) is -2.96. The number of nitrogens with zero attached hydrogens (tertiary/aromatic N) is 3. The predicted octanol–water partition coefficient (Wildman–Crippen LogP) is 2.47. The Hall–Kier alpha value is -1.14. The normalized spacial score (nSPS) is 13.8. The minimum atomic E-state index is -2.96. The van der Waals surface area contributed by atoms with Crippen LogP contribution in [0.2, 0.25) is 0 Å². The number of sulfone groups is 1. The second-order valence-electron chi connectivity index (χ2n) is 5.02. The molecule has 110 valence electrons. The topological polar surface area (TPSA) is 64.8 Å². The van der Waals surface area contributed by atoms with Crippen LogP contribution in [0.25, 0.3) is 11.2 Å². The Kier molecular flexibility index (Phi) is 4.34. The first kappa shape index (κ1) is 15.3. The minimum Gasteiger partial charge on any atom is -0.311 e. The average Bonchev–Trinajstić information content (AvgIpc) is 2.68. The third-order valence-corrected chi connectivity index (χ3v) is 4.34. The first-order chi connectivity index (χ1) is 9.29. The van der Waals surface area contributed by atoms with Crippen LogP contribution in [0, 0.1) is 6.92 Å². The molecule has 2 rings (SSSR count). The van der Waals surface area contributed by atoms with Gasteiger partial charge in [0.2, 0.25) is 0 Å². The molecule has 1 unspecified atom stereocenters. The number of aryl methyl sites for hydroxylation is 2. The van der Waals surface area contributed by atoms with E-state index in [-0.39, 0.29) is 11.1 Å². The van der Waals surface area contributed by atoms with Crippen molar-refractivity contribution in [2.45, 2.75) is 32.2 Å². The number of aromatic nitrogens is 3. The lowest BCUT2D eigenvalue weighted by Crippen LogP contribution is -2.10. The van der Waals surface area contributed by atoms with E-state index in [1.54, 1.807) is 6.20 Å². The highest BCUT2D eigenvalue weighted by Gasteiger charge is 2.17. The second kappa shape index (κ2) is 5.69. The summed E-state index contributed by atoms with van der Waals surface area (Å²) in [4.78, 5) is 8.90. The maximum atomic E-state index is 11.2. The van der Waals surface area contributed by atoms with E-state index < -0.39 is 9.84 Å². The molecule has 0 aliphatic heterocycles. The minimum absolute atomic E-state index is 0.147. The Bertz CT molecular complexity index is 723. The molecule has 2 aromatic rings. The fourth-order valence-electron chi connectivity index (χ4n) is 2.16. The van der Waals surface area contributed by atoms with Gasteiger partial charge < -0.3 is 4.57 Å². The van der Waals surface area contributed by atoms with Gasteiger partial charge in [-0.1, -0.05) is 0 Å². The standard InChI is InChI=1S/C13H18ClN3O2S/c1-9-5-6-15-13-11(9)16-12(10(2)14)17(13)7-4-8-20(3,18)19/h5-6,10H,4,7-8H2,1-3H3. The van der Waals surface area contributed by atoms with Crippen LogP contribution in [0.1, 0.15) is 30.1 Å². The Morgan fingerprint density at radius 1 is 1.45 bits per heavy atom. The molecule has 0 aliphatic carbocycles. The molecule has 0 saturated carbocycles. The molecule has 1 atom stereocenters. The highest BCUT2D eigenvalue weighted by molar-refractivity contribution is 7.90. The molecule has 2 heterocycles. The fourth-order valence-corrected chi connectivity index (χ4v) is 2.98. The number of fused-ring (bicyclic) bond motifs is 1. The van der Waals surface area contributed by atoms with E-state index in [1.807, 2.05) is 24.5 Å². The first-order valence-electron chi connectivity index (χ1n) is 6.43. The molecule has 0 N–H and O–H groups in total. The molecule has 20 heavy (non-hydrogen) atoms. The van der Waals surface area contributed by atoms with Crippen molar-refractivity contribution in [3.05, 3.63) is 23.7 Å². The average molecular weight is 316 g/mol. The van der Waals surface area contributed by atoms with Crippen molar-refractivity contribution in [3.8, 4) is 0 Å². The van der Waals surface area contributed by atoms with Crippen molar-refractivity contribution in [1.29, 1.82) is 0 Å². The second-order valence-corrected chi connectivity index (χ2v) is 7.94. The Morgan fingerprint density at radius 2 is 2.15 bits per heavy atom. The zero-order chi connectivity index (χ0) is 14.9. The molecule has 0 spiro atoms. The van der Waals surface area contributed by atoms with E-state index in [0.29, 0.717) is 13.0 Å². The van der Waals surface area contributed by atoms with Crippen LogP contribution in [0.3, 0.4) is 0 Å². The maximum absolute atomic E-state index is 11.2. The summed E-state index contributed by atoms with van der Waals surface area (Å²) in [6.07, 6.45) is 3.50. The van der Waals surface area contributed by atoms with Crippen LogP contribution in [0.4, 0.5) is 0 Å². The molecule has 0 aromatic carbocycles. The van der Waals surface area contributed by atoms with Gasteiger partial charge in [0, 0.05) is 19.0 Å². The van der Waals surface area contributed by atoms with Gasteiger partial charge in [-0.2, -0.15) is 0 Å². The van der Waals surface area contributed by atoms with Crippen molar-refractivity contribution in [2.24, 2.45) is 0 Å². The molecular weight excluding hydrogens is 298 g/mol. The number of halogens is 1. The summed E-state index contributed by atoms with van der Waals surface area (Å²) < 4.78 is 24.4. The van der Waals surface area contributed by atoms with E-state index in [1.165, 1.54) is 6.26 Å². The van der Waals surface area contributed by atoms with E-state index in [9.17, 15) is 8.42 Å². The zero-order valence-electron chi connectivity index (χ0n) is 11.8. The lowest BCUT2D eigenvalue weighted by atomic mass is 10.3. The molecule has 0 aliphatic rings. The van der Waals surface area contributed by atoms with Gasteiger partial charge in [-0.15, -0.1) is 11.6 Å². The van der Waals surface area contributed by atoms with Crippen LogP contribution < -0.4 is 0 Å². The van der Waals surface area contributed by atoms with E-state index in [2.05, 4.69) is 9.97 Å². The number of alkyl halides is 1. The smallest absolute Gasteiger partial charge is 0.160 e. The number of rotatable bonds is 5. The van der Waals surface area contributed by atoms with Crippen LogP contribution in [-0.4, -0.2) is 35.0 Å². The molecular formula is C13H18ClN3O2S. The molecule has 0 radical (unpaired) electrons. The summed E-state index contributed by atoms with van der Waals surface area (Å²) >= 11 is 6.17. The highest BCUT2D eigenvalue weighted by Crippen LogP contribution is 2.25. The van der Waals surface area contributed by atoms with Gasteiger partial charge in [-0.25, -0.2) is 18.4 Å². The van der Waals surface area contributed by atoms with E-state index in [4.69, 9.17) is 11.6 Å². The van der Waals surface area contributed by atoms with Crippen molar-refractivity contribution in [2.75, 3.05) is 12.0 Å². The monoisotopic (exact) mass is 315 g/mol. The van der Waals surface area contributed by atoms with Gasteiger partial charge in [0.15, 0.2) is 5.65 Å². The summed E-state index contributed by atoms with van der Waals surface area (Å²) in [5, 5.41) is -0.248. The summed E-state index contributed by atoms with van der Waals surface area (Å²) in [5.74, 6) is 0.881. The number of hydrogen-bond acceptors (Lipinski definition) is 4. The zero-order valence-corrected chi connectivity index (χ0v) is 13.4. The third kappa shape index (κ3) is 3.30. The Balaban J connectivity index is 2.39.